The van der Waals surface area contributed by atoms with Gasteiger partial charge in [0, 0.05) is 26.7 Å². The van der Waals surface area contributed by atoms with Crippen LogP contribution in [0.15, 0.2) is 48.5 Å². The predicted octanol–water partition coefficient (Wildman–Crippen LogP) is 5.06. The van der Waals surface area contributed by atoms with Gasteiger partial charge in [-0.1, -0.05) is 23.7 Å². The molecule has 1 aliphatic rings. The van der Waals surface area contributed by atoms with Crippen LogP contribution in [-0.2, 0) is 16.1 Å². The standard InChI is InChI=1S/C21H16ClNO4S/c1-12-8-14(22)6-7-16(12)23-19(24)11-27-21(25)18-9-13-10-26-17-5-3-2-4-15(17)20(13)28-18/h2-9H,10-11H2,1H3,(H,23,24). The quantitative estimate of drug-likeness (QED) is 0.607. The number of thiophene rings is 1. The van der Waals surface area contributed by atoms with E-state index in [0.29, 0.717) is 22.2 Å². The number of carbonyl (C=O) groups excluding carboxylic acids is 2. The number of fused-ring (bicyclic) bond motifs is 3. The van der Waals surface area contributed by atoms with Gasteiger partial charge in [-0.3, -0.25) is 4.79 Å². The third-order valence-electron chi connectivity index (χ3n) is 4.32. The average molecular weight is 414 g/mol. The largest absolute Gasteiger partial charge is 0.488 e. The summed E-state index contributed by atoms with van der Waals surface area (Å²) < 4.78 is 10.9. The smallest absolute Gasteiger partial charge is 0.348 e. The highest BCUT2D eigenvalue weighted by molar-refractivity contribution is 7.17. The van der Waals surface area contributed by atoms with Gasteiger partial charge in [0.15, 0.2) is 6.61 Å². The first-order chi connectivity index (χ1) is 13.5. The molecule has 28 heavy (non-hydrogen) atoms. The van der Waals surface area contributed by atoms with Crippen LogP contribution >= 0.6 is 22.9 Å². The predicted molar refractivity (Wildman–Crippen MR) is 109 cm³/mol. The first kappa shape index (κ1) is 18.5. The van der Waals surface area contributed by atoms with E-state index in [1.54, 1.807) is 24.3 Å². The van der Waals surface area contributed by atoms with Gasteiger partial charge in [-0.25, -0.2) is 4.79 Å². The van der Waals surface area contributed by atoms with Crippen LogP contribution in [0.3, 0.4) is 0 Å². The maximum Gasteiger partial charge on any atom is 0.348 e. The molecule has 1 N–H and O–H groups in total. The molecule has 142 valence electrons. The number of carbonyl (C=O) groups is 2. The maximum absolute atomic E-state index is 12.4. The number of esters is 1. The van der Waals surface area contributed by atoms with Crippen molar-refractivity contribution in [3.8, 4) is 16.2 Å². The topological polar surface area (TPSA) is 64.6 Å². The number of para-hydroxylation sites is 1. The van der Waals surface area contributed by atoms with Gasteiger partial charge in [0.1, 0.15) is 17.2 Å². The van der Waals surface area contributed by atoms with Crippen molar-refractivity contribution in [1.82, 2.24) is 0 Å². The highest BCUT2D eigenvalue weighted by atomic mass is 35.5. The molecule has 0 unspecified atom stereocenters. The van der Waals surface area contributed by atoms with E-state index in [0.717, 1.165) is 27.3 Å². The lowest BCUT2D eigenvalue weighted by Gasteiger charge is -2.16. The van der Waals surface area contributed by atoms with Gasteiger partial charge in [0.25, 0.3) is 5.91 Å². The summed E-state index contributed by atoms with van der Waals surface area (Å²) in [6, 6.07) is 14.6. The van der Waals surface area contributed by atoms with Gasteiger partial charge < -0.3 is 14.8 Å². The molecular formula is C21H16ClNO4S. The number of hydrogen-bond acceptors (Lipinski definition) is 5. The first-order valence-corrected chi connectivity index (χ1v) is 9.79. The molecular weight excluding hydrogens is 398 g/mol. The Morgan fingerprint density at radius 2 is 2.04 bits per heavy atom. The van der Waals surface area contributed by atoms with E-state index in [2.05, 4.69) is 5.32 Å². The van der Waals surface area contributed by atoms with Crippen LogP contribution in [0.5, 0.6) is 5.75 Å². The first-order valence-electron chi connectivity index (χ1n) is 8.59. The second-order valence-corrected chi connectivity index (χ2v) is 7.82. The lowest BCUT2D eigenvalue weighted by Crippen LogP contribution is -2.21. The van der Waals surface area contributed by atoms with Crippen molar-refractivity contribution in [2.24, 2.45) is 0 Å². The van der Waals surface area contributed by atoms with Gasteiger partial charge in [-0.2, -0.15) is 0 Å². The zero-order valence-electron chi connectivity index (χ0n) is 15.0. The van der Waals surface area contributed by atoms with Gasteiger partial charge in [-0.05, 0) is 48.9 Å². The van der Waals surface area contributed by atoms with E-state index < -0.39 is 11.9 Å². The fraction of sp³-hybridized carbons (Fsp3) is 0.143. The van der Waals surface area contributed by atoms with Crippen molar-refractivity contribution in [2.75, 3.05) is 11.9 Å². The van der Waals surface area contributed by atoms with Crippen LogP contribution in [0.2, 0.25) is 5.02 Å². The van der Waals surface area contributed by atoms with Crippen LogP contribution in [0, 0.1) is 6.92 Å². The molecule has 0 atom stereocenters. The van der Waals surface area contributed by atoms with Crippen molar-refractivity contribution in [1.29, 1.82) is 0 Å². The maximum atomic E-state index is 12.4. The molecule has 0 radical (unpaired) electrons. The minimum Gasteiger partial charge on any atom is -0.488 e. The SMILES string of the molecule is Cc1cc(Cl)ccc1NC(=O)COC(=O)c1cc2c(s1)-c1ccccc1OC2. The van der Waals surface area contributed by atoms with Crippen molar-refractivity contribution in [3.05, 3.63) is 69.6 Å². The summed E-state index contributed by atoms with van der Waals surface area (Å²) >= 11 is 7.25. The number of halogens is 1. The molecule has 1 aromatic heterocycles. The van der Waals surface area contributed by atoms with Crippen molar-refractivity contribution in [2.45, 2.75) is 13.5 Å². The fourth-order valence-corrected chi connectivity index (χ4v) is 4.27. The second-order valence-electron chi connectivity index (χ2n) is 6.33. The normalized spacial score (nSPS) is 11.8. The molecule has 0 saturated carbocycles. The summed E-state index contributed by atoms with van der Waals surface area (Å²) in [6.45, 7) is 1.88. The second kappa shape index (κ2) is 7.66. The summed E-state index contributed by atoms with van der Waals surface area (Å²) in [5.41, 5.74) is 3.36. The number of anilines is 1. The Hall–Kier alpha value is -2.83. The molecule has 2 heterocycles. The minimum absolute atomic E-state index is 0.365. The number of hydrogen-bond donors (Lipinski definition) is 1. The monoisotopic (exact) mass is 413 g/mol. The molecule has 0 spiro atoms. The van der Waals surface area contributed by atoms with E-state index in [1.165, 1.54) is 11.3 Å². The summed E-state index contributed by atoms with van der Waals surface area (Å²) in [6.07, 6.45) is 0. The van der Waals surface area contributed by atoms with Crippen molar-refractivity contribution >= 4 is 40.5 Å². The molecule has 5 nitrogen and oxygen atoms in total. The Morgan fingerprint density at radius 3 is 2.86 bits per heavy atom. The lowest BCUT2D eigenvalue weighted by molar-refractivity contribution is -0.119. The molecule has 0 saturated heterocycles. The Balaban J connectivity index is 1.41. The third-order valence-corrected chi connectivity index (χ3v) is 5.75. The number of benzene rings is 2. The number of nitrogens with one attached hydrogen (secondary N) is 1. The molecule has 2 aromatic carbocycles. The summed E-state index contributed by atoms with van der Waals surface area (Å²) in [4.78, 5) is 25.9. The van der Waals surface area contributed by atoms with E-state index in [1.807, 2.05) is 31.2 Å². The number of amides is 1. The fourth-order valence-electron chi connectivity index (χ4n) is 2.96. The van der Waals surface area contributed by atoms with Gasteiger partial charge in [-0.15, -0.1) is 11.3 Å². The Morgan fingerprint density at radius 1 is 1.21 bits per heavy atom. The molecule has 0 fully saturated rings. The van der Waals surface area contributed by atoms with E-state index >= 15 is 0 Å². The molecule has 1 amide bonds. The summed E-state index contributed by atoms with van der Waals surface area (Å²) in [5, 5.41) is 3.31. The summed E-state index contributed by atoms with van der Waals surface area (Å²) in [5.74, 6) is -0.136. The lowest BCUT2D eigenvalue weighted by atomic mass is 10.1. The minimum atomic E-state index is -0.528. The number of aryl methyl sites for hydroxylation is 1. The molecule has 0 bridgehead atoms. The van der Waals surface area contributed by atoms with Crippen molar-refractivity contribution in [3.63, 3.8) is 0 Å². The zero-order chi connectivity index (χ0) is 19.7. The van der Waals surface area contributed by atoms with Gasteiger partial charge >= 0.3 is 5.97 Å². The molecule has 0 aliphatic carbocycles. The molecule has 3 aromatic rings. The molecule has 4 rings (SSSR count). The molecule has 1 aliphatic heterocycles. The third kappa shape index (κ3) is 3.74. The van der Waals surface area contributed by atoms with Crippen LogP contribution in [0.4, 0.5) is 5.69 Å². The van der Waals surface area contributed by atoms with Crippen molar-refractivity contribution < 1.29 is 19.1 Å². The van der Waals surface area contributed by atoms with Gasteiger partial charge in [0.05, 0.1) is 0 Å². The number of rotatable bonds is 4. The van der Waals surface area contributed by atoms with E-state index in [4.69, 9.17) is 21.1 Å². The average Bonchev–Trinajstić information content (AvgIpc) is 3.13. The van der Waals surface area contributed by atoms with E-state index in [9.17, 15) is 9.59 Å². The highest BCUT2D eigenvalue weighted by Gasteiger charge is 2.23. The van der Waals surface area contributed by atoms with Crippen LogP contribution < -0.4 is 10.1 Å². The number of ether oxygens (including phenoxy) is 2. The Kier molecular flexibility index (Phi) is 5.07. The zero-order valence-corrected chi connectivity index (χ0v) is 16.5. The van der Waals surface area contributed by atoms with E-state index in [-0.39, 0.29) is 6.61 Å². The van der Waals surface area contributed by atoms with Crippen LogP contribution in [-0.4, -0.2) is 18.5 Å². The summed E-state index contributed by atoms with van der Waals surface area (Å²) in [7, 11) is 0. The van der Waals surface area contributed by atoms with Gasteiger partial charge in [0.2, 0.25) is 0 Å². The Bertz CT molecular complexity index is 1080. The molecule has 7 heteroatoms. The van der Waals surface area contributed by atoms with Crippen LogP contribution in [0.25, 0.3) is 10.4 Å². The highest BCUT2D eigenvalue weighted by Crippen LogP contribution is 2.42. The van der Waals surface area contributed by atoms with Crippen LogP contribution in [0.1, 0.15) is 20.8 Å². The Labute approximate surface area is 170 Å².